The molecule has 106 valence electrons. The molecular formula is C18H29N. The second kappa shape index (κ2) is 6.09. The molecule has 0 radical (unpaired) electrons. The summed E-state index contributed by atoms with van der Waals surface area (Å²) in [5.74, 6) is 2.12. The molecule has 0 aromatic heterocycles. The average molecular weight is 259 g/mol. The van der Waals surface area contributed by atoms with Gasteiger partial charge in [0.1, 0.15) is 0 Å². The molecule has 1 nitrogen and oxygen atoms in total. The highest BCUT2D eigenvalue weighted by Gasteiger charge is 2.34. The molecule has 0 heterocycles. The van der Waals surface area contributed by atoms with E-state index in [-0.39, 0.29) is 0 Å². The van der Waals surface area contributed by atoms with E-state index in [1.807, 2.05) is 0 Å². The molecule has 0 spiro atoms. The lowest BCUT2D eigenvalue weighted by molar-refractivity contribution is 0.380. The van der Waals surface area contributed by atoms with Gasteiger partial charge in [0.2, 0.25) is 0 Å². The maximum Gasteiger partial charge on any atom is 0.0354 e. The first-order valence-electron chi connectivity index (χ1n) is 7.90. The van der Waals surface area contributed by atoms with Crippen LogP contribution < -0.4 is 5.32 Å². The maximum atomic E-state index is 3.75. The molecular weight excluding hydrogens is 230 g/mol. The van der Waals surface area contributed by atoms with Crippen LogP contribution in [0.2, 0.25) is 0 Å². The third-order valence-electron chi connectivity index (χ3n) is 4.55. The second-order valence-electron chi connectivity index (χ2n) is 6.64. The Morgan fingerprint density at radius 2 is 1.89 bits per heavy atom. The Morgan fingerprint density at radius 3 is 2.53 bits per heavy atom. The molecule has 0 bridgehead atoms. The van der Waals surface area contributed by atoms with Crippen molar-refractivity contribution in [2.45, 2.75) is 59.4 Å². The van der Waals surface area contributed by atoms with Gasteiger partial charge in [0.05, 0.1) is 0 Å². The van der Waals surface area contributed by atoms with E-state index in [1.54, 1.807) is 11.1 Å². The summed E-state index contributed by atoms with van der Waals surface area (Å²) in [5.41, 5.74) is 4.62. The highest BCUT2D eigenvalue weighted by atomic mass is 14.9. The van der Waals surface area contributed by atoms with Gasteiger partial charge in [-0.2, -0.15) is 0 Å². The molecule has 0 saturated heterocycles. The third kappa shape index (κ3) is 3.02. The third-order valence-corrected chi connectivity index (χ3v) is 4.55. The van der Waals surface area contributed by atoms with E-state index < -0.39 is 0 Å². The number of nitrogens with one attached hydrogen (secondary N) is 1. The predicted molar refractivity (Wildman–Crippen MR) is 83.6 cm³/mol. The first-order valence-corrected chi connectivity index (χ1v) is 7.90. The highest BCUT2D eigenvalue weighted by molar-refractivity contribution is 5.42. The lowest BCUT2D eigenvalue weighted by atomic mass is 9.94. The minimum atomic E-state index is 0.553. The molecule has 1 N–H and O–H groups in total. The second-order valence-corrected chi connectivity index (χ2v) is 6.64. The molecule has 1 heteroatoms. The van der Waals surface area contributed by atoms with Gasteiger partial charge in [-0.3, -0.25) is 0 Å². The highest BCUT2D eigenvalue weighted by Crippen LogP contribution is 2.45. The van der Waals surface area contributed by atoms with Crippen molar-refractivity contribution < 1.29 is 0 Å². The summed E-state index contributed by atoms with van der Waals surface area (Å²) in [6.07, 6.45) is 2.40. The number of hydrogen-bond acceptors (Lipinski definition) is 1. The predicted octanol–water partition coefficient (Wildman–Crippen LogP) is 4.68. The van der Waals surface area contributed by atoms with Gasteiger partial charge in [-0.25, -0.2) is 0 Å². The van der Waals surface area contributed by atoms with Crippen molar-refractivity contribution in [2.24, 2.45) is 11.8 Å². The van der Waals surface area contributed by atoms with E-state index >= 15 is 0 Å². The summed E-state index contributed by atoms with van der Waals surface area (Å²) < 4.78 is 0. The topological polar surface area (TPSA) is 12.0 Å². The molecule has 0 saturated carbocycles. The van der Waals surface area contributed by atoms with Crippen LogP contribution in [-0.2, 0) is 6.42 Å². The van der Waals surface area contributed by atoms with Crippen molar-refractivity contribution in [3.8, 4) is 0 Å². The zero-order valence-corrected chi connectivity index (χ0v) is 13.2. The van der Waals surface area contributed by atoms with Crippen LogP contribution in [0.1, 0.15) is 69.7 Å². The molecule has 0 amide bonds. The van der Waals surface area contributed by atoms with Crippen LogP contribution in [-0.4, -0.2) is 6.54 Å². The van der Waals surface area contributed by atoms with Crippen LogP contribution in [0.15, 0.2) is 18.2 Å². The number of benzene rings is 1. The molecule has 0 aliphatic heterocycles. The van der Waals surface area contributed by atoms with Crippen LogP contribution in [0, 0.1) is 11.8 Å². The fourth-order valence-corrected chi connectivity index (χ4v) is 3.36. The first kappa shape index (κ1) is 14.6. The van der Waals surface area contributed by atoms with Gasteiger partial charge in [0, 0.05) is 6.04 Å². The molecule has 2 rings (SSSR count). The Balaban J connectivity index is 2.27. The van der Waals surface area contributed by atoms with Crippen molar-refractivity contribution in [1.82, 2.24) is 5.32 Å². The van der Waals surface area contributed by atoms with Crippen molar-refractivity contribution in [3.63, 3.8) is 0 Å². The van der Waals surface area contributed by atoms with Crippen LogP contribution in [0.4, 0.5) is 0 Å². The van der Waals surface area contributed by atoms with Gasteiger partial charge < -0.3 is 5.32 Å². The molecule has 1 aromatic rings. The standard InChI is InChI=1S/C18H29N/c1-6-9-19-18-14(5)13(4)16-8-7-15(10-12(2)3)11-17(16)18/h7-8,11-14,18-19H,6,9-10H2,1-5H3. The van der Waals surface area contributed by atoms with E-state index in [0.717, 1.165) is 12.5 Å². The van der Waals surface area contributed by atoms with E-state index in [4.69, 9.17) is 0 Å². The van der Waals surface area contributed by atoms with Crippen LogP contribution in [0.5, 0.6) is 0 Å². The van der Waals surface area contributed by atoms with Crippen molar-refractivity contribution in [1.29, 1.82) is 0 Å². The summed E-state index contributed by atoms with van der Waals surface area (Å²) in [4.78, 5) is 0. The van der Waals surface area contributed by atoms with E-state index in [0.29, 0.717) is 17.9 Å². The van der Waals surface area contributed by atoms with E-state index in [1.165, 1.54) is 18.4 Å². The van der Waals surface area contributed by atoms with Gasteiger partial charge >= 0.3 is 0 Å². The summed E-state index contributed by atoms with van der Waals surface area (Å²) >= 11 is 0. The number of hydrogen-bond donors (Lipinski definition) is 1. The summed E-state index contributed by atoms with van der Waals surface area (Å²) in [7, 11) is 0. The zero-order valence-electron chi connectivity index (χ0n) is 13.2. The number of fused-ring (bicyclic) bond motifs is 1. The van der Waals surface area contributed by atoms with Crippen molar-refractivity contribution >= 4 is 0 Å². The molecule has 1 aliphatic carbocycles. The Hall–Kier alpha value is -0.820. The van der Waals surface area contributed by atoms with E-state index in [2.05, 4.69) is 58.1 Å². The van der Waals surface area contributed by atoms with E-state index in [9.17, 15) is 0 Å². The SMILES string of the molecule is CCCNC1c2cc(CC(C)C)ccc2C(C)C1C. The quantitative estimate of drug-likeness (QED) is 0.809. The smallest absolute Gasteiger partial charge is 0.0354 e. The monoisotopic (exact) mass is 259 g/mol. The van der Waals surface area contributed by atoms with Gasteiger partial charge in [-0.15, -0.1) is 0 Å². The minimum absolute atomic E-state index is 0.553. The number of rotatable bonds is 5. The van der Waals surface area contributed by atoms with Crippen LogP contribution in [0.25, 0.3) is 0 Å². The lowest BCUT2D eigenvalue weighted by Gasteiger charge is -2.20. The van der Waals surface area contributed by atoms with Gasteiger partial charge in [-0.05, 0) is 53.8 Å². The van der Waals surface area contributed by atoms with Gasteiger partial charge in [-0.1, -0.05) is 52.8 Å². The molecule has 1 aliphatic rings. The largest absolute Gasteiger partial charge is 0.310 e. The normalized spacial score (nSPS) is 25.9. The zero-order chi connectivity index (χ0) is 14.0. The summed E-state index contributed by atoms with van der Waals surface area (Å²) in [6, 6.07) is 7.73. The Kier molecular flexibility index (Phi) is 4.67. The molecule has 0 fully saturated rings. The van der Waals surface area contributed by atoms with Crippen molar-refractivity contribution in [3.05, 3.63) is 34.9 Å². The Bertz CT molecular complexity index is 422. The average Bonchev–Trinajstić information content (AvgIpc) is 2.59. The summed E-state index contributed by atoms with van der Waals surface area (Å²) in [6.45, 7) is 12.7. The summed E-state index contributed by atoms with van der Waals surface area (Å²) in [5, 5.41) is 3.75. The Morgan fingerprint density at radius 1 is 1.16 bits per heavy atom. The van der Waals surface area contributed by atoms with Gasteiger partial charge in [0.25, 0.3) is 0 Å². The van der Waals surface area contributed by atoms with Gasteiger partial charge in [0.15, 0.2) is 0 Å². The Labute approximate surface area is 118 Å². The van der Waals surface area contributed by atoms with Crippen LogP contribution >= 0.6 is 0 Å². The molecule has 3 atom stereocenters. The fraction of sp³-hybridized carbons (Fsp3) is 0.667. The van der Waals surface area contributed by atoms with Crippen LogP contribution in [0.3, 0.4) is 0 Å². The fourth-order valence-electron chi connectivity index (χ4n) is 3.36. The first-order chi connectivity index (χ1) is 9.04. The molecule has 1 aromatic carbocycles. The molecule has 19 heavy (non-hydrogen) atoms. The molecule has 3 unspecified atom stereocenters. The minimum Gasteiger partial charge on any atom is -0.310 e. The lowest BCUT2D eigenvalue weighted by Crippen LogP contribution is -2.25. The van der Waals surface area contributed by atoms with Crippen molar-refractivity contribution in [2.75, 3.05) is 6.54 Å². The maximum absolute atomic E-state index is 3.75.